The lowest BCUT2D eigenvalue weighted by atomic mass is 10.1. The molecule has 4 heterocycles. The van der Waals surface area contributed by atoms with Gasteiger partial charge >= 0.3 is 0 Å². The van der Waals surface area contributed by atoms with Gasteiger partial charge < -0.3 is 4.90 Å². The smallest absolute Gasteiger partial charge is 0.189 e. The van der Waals surface area contributed by atoms with Gasteiger partial charge in [0, 0.05) is 18.0 Å². The number of para-hydroxylation sites is 1. The molecular weight excluding hydrogens is 320 g/mol. The van der Waals surface area contributed by atoms with Crippen LogP contribution in [0.2, 0.25) is 0 Å². The Morgan fingerprint density at radius 2 is 1.96 bits per heavy atom. The first-order valence-electron chi connectivity index (χ1n) is 7.82. The van der Waals surface area contributed by atoms with Crippen LogP contribution in [0.15, 0.2) is 48.1 Å². The van der Waals surface area contributed by atoms with Gasteiger partial charge in [0.15, 0.2) is 17.0 Å². The van der Waals surface area contributed by atoms with Crippen LogP contribution in [0.3, 0.4) is 0 Å². The average Bonchev–Trinajstić information content (AvgIpc) is 3.28. The first-order valence-corrected chi connectivity index (χ1v) is 8.70. The summed E-state index contributed by atoms with van der Waals surface area (Å²) in [7, 11) is 0. The molecule has 0 amide bonds. The van der Waals surface area contributed by atoms with Crippen molar-refractivity contribution in [2.45, 2.75) is 13.0 Å². The Morgan fingerprint density at radius 1 is 1.04 bits per heavy atom. The fraction of sp³-hybridized carbons (Fsp3) is 0.176. The monoisotopic (exact) mass is 334 g/mol. The van der Waals surface area contributed by atoms with E-state index in [1.54, 1.807) is 11.0 Å². The maximum Gasteiger partial charge on any atom is 0.189 e. The first kappa shape index (κ1) is 13.6. The maximum absolute atomic E-state index is 4.50. The van der Waals surface area contributed by atoms with E-state index in [9.17, 15) is 0 Å². The van der Waals surface area contributed by atoms with Crippen LogP contribution in [0.5, 0.6) is 0 Å². The van der Waals surface area contributed by atoms with E-state index in [-0.39, 0.29) is 0 Å². The molecule has 1 aromatic carbocycles. The molecule has 0 unspecified atom stereocenters. The Balaban J connectivity index is 1.60. The van der Waals surface area contributed by atoms with Crippen LogP contribution < -0.4 is 4.90 Å². The molecule has 24 heavy (non-hydrogen) atoms. The highest BCUT2D eigenvalue weighted by Crippen LogP contribution is 2.29. The molecule has 0 aliphatic carbocycles. The zero-order chi connectivity index (χ0) is 15.9. The number of nitrogens with zero attached hydrogens (tertiary/aromatic N) is 6. The Labute approximate surface area is 142 Å². The van der Waals surface area contributed by atoms with Crippen LogP contribution in [0.1, 0.15) is 10.4 Å². The summed E-state index contributed by atoms with van der Waals surface area (Å²) in [5.74, 6) is 0.860. The zero-order valence-electron chi connectivity index (χ0n) is 12.8. The summed E-state index contributed by atoms with van der Waals surface area (Å²) >= 11 is 1.84. The van der Waals surface area contributed by atoms with Gasteiger partial charge in [0.25, 0.3) is 0 Å². The van der Waals surface area contributed by atoms with Crippen molar-refractivity contribution in [1.82, 2.24) is 25.0 Å². The van der Waals surface area contributed by atoms with E-state index in [1.165, 1.54) is 10.4 Å². The SMILES string of the molecule is c1ccc(-n2nnc3c(N4CCc5sccc5C4)ncnc32)cc1. The molecule has 0 spiro atoms. The highest BCUT2D eigenvalue weighted by molar-refractivity contribution is 7.10. The molecular formula is C17H14N6S. The predicted molar refractivity (Wildman–Crippen MR) is 93.5 cm³/mol. The zero-order valence-corrected chi connectivity index (χ0v) is 13.6. The van der Waals surface area contributed by atoms with Crippen molar-refractivity contribution in [3.05, 3.63) is 58.5 Å². The van der Waals surface area contributed by atoms with E-state index < -0.39 is 0 Å². The lowest BCUT2D eigenvalue weighted by Gasteiger charge is -2.27. The van der Waals surface area contributed by atoms with Gasteiger partial charge in [0.2, 0.25) is 0 Å². The summed E-state index contributed by atoms with van der Waals surface area (Å²) < 4.78 is 1.76. The fourth-order valence-electron chi connectivity index (χ4n) is 3.14. The molecule has 118 valence electrons. The largest absolute Gasteiger partial charge is 0.350 e. The Bertz CT molecular complexity index is 1010. The van der Waals surface area contributed by atoms with Crippen LogP contribution in [-0.2, 0) is 13.0 Å². The highest BCUT2D eigenvalue weighted by Gasteiger charge is 2.22. The van der Waals surface area contributed by atoms with Crippen molar-refractivity contribution < 1.29 is 0 Å². The number of aromatic nitrogens is 5. The van der Waals surface area contributed by atoms with Gasteiger partial charge in [-0.3, -0.25) is 0 Å². The number of fused-ring (bicyclic) bond motifs is 2. The van der Waals surface area contributed by atoms with Crippen molar-refractivity contribution >= 4 is 28.3 Å². The molecule has 1 aliphatic heterocycles. The van der Waals surface area contributed by atoms with Gasteiger partial charge in [-0.2, -0.15) is 4.68 Å². The molecule has 0 radical (unpaired) electrons. The normalized spacial score (nSPS) is 14.1. The molecule has 1 aliphatic rings. The molecule has 6 nitrogen and oxygen atoms in total. The number of benzene rings is 1. The summed E-state index contributed by atoms with van der Waals surface area (Å²) in [5, 5.41) is 10.8. The third-order valence-electron chi connectivity index (χ3n) is 4.33. The minimum Gasteiger partial charge on any atom is -0.350 e. The van der Waals surface area contributed by atoms with Crippen LogP contribution in [0, 0.1) is 0 Å². The molecule has 4 aromatic rings. The molecule has 0 atom stereocenters. The maximum atomic E-state index is 4.50. The van der Waals surface area contributed by atoms with Gasteiger partial charge in [0.1, 0.15) is 6.33 Å². The van der Waals surface area contributed by atoms with Gasteiger partial charge in [-0.25, -0.2) is 9.97 Å². The number of rotatable bonds is 2. The molecule has 0 saturated carbocycles. The summed E-state index contributed by atoms with van der Waals surface area (Å²) in [4.78, 5) is 12.7. The van der Waals surface area contributed by atoms with Crippen LogP contribution in [-0.4, -0.2) is 31.5 Å². The second-order valence-electron chi connectivity index (χ2n) is 5.75. The molecule has 0 saturated heterocycles. The van der Waals surface area contributed by atoms with E-state index >= 15 is 0 Å². The van der Waals surface area contributed by atoms with E-state index in [4.69, 9.17) is 0 Å². The fourth-order valence-corrected chi connectivity index (χ4v) is 4.03. The van der Waals surface area contributed by atoms with Crippen LogP contribution in [0.25, 0.3) is 16.9 Å². The van der Waals surface area contributed by atoms with Crippen molar-refractivity contribution in [1.29, 1.82) is 0 Å². The molecule has 7 heteroatoms. The quantitative estimate of drug-likeness (QED) is 0.564. The van der Waals surface area contributed by atoms with Gasteiger partial charge in [-0.15, -0.1) is 16.4 Å². The summed E-state index contributed by atoms with van der Waals surface area (Å²) in [5.41, 5.74) is 3.82. The number of thiophene rings is 1. The lowest BCUT2D eigenvalue weighted by Crippen LogP contribution is -2.30. The lowest BCUT2D eigenvalue weighted by molar-refractivity contribution is 0.733. The van der Waals surface area contributed by atoms with E-state index in [0.717, 1.165) is 42.2 Å². The number of anilines is 1. The van der Waals surface area contributed by atoms with Crippen molar-refractivity contribution in [3.8, 4) is 5.69 Å². The number of hydrogen-bond donors (Lipinski definition) is 0. The molecule has 0 N–H and O–H groups in total. The standard InChI is InChI=1S/C17H14N6S/c1-2-4-13(5-3-1)23-17-15(20-21-23)16(18-11-19-17)22-8-6-14-12(10-22)7-9-24-14/h1-5,7,9,11H,6,8,10H2. The molecule has 0 fully saturated rings. The first-order chi connectivity index (χ1) is 11.9. The molecule has 3 aromatic heterocycles. The topological polar surface area (TPSA) is 59.7 Å². The highest BCUT2D eigenvalue weighted by atomic mass is 32.1. The minimum atomic E-state index is 0.738. The van der Waals surface area contributed by atoms with E-state index in [2.05, 4.69) is 36.6 Å². The second kappa shape index (κ2) is 5.38. The molecule has 0 bridgehead atoms. The van der Waals surface area contributed by atoms with Gasteiger partial charge in [-0.1, -0.05) is 23.4 Å². The van der Waals surface area contributed by atoms with Gasteiger partial charge in [0.05, 0.1) is 5.69 Å². The second-order valence-corrected chi connectivity index (χ2v) is 6.75. The van der Waals surface area contributed by atoms with E-state index in [0.29, 0.717) is 0 Å². The summed E-state index contributed by atoms with van der Waals surface area (Å²) in [6.45, 7) is 1.81. The number of hydrogen-bond acceptors (Lipinski definition) is 6. The third kappa shape index (κ3) is 2.09. The Hall–Kier alpha value is -2.80. The van der Waals surface area contributed by atoms with E-state index in [1.807, 2.05) is 41.7 Å². The average molecular weight is 334 g/mol. The minimum absolute atomic E-state index is 0.738. The van der Waals surface area contributed by atoms with Crippen LogP contribution in [0.4, 0.5) is 5.82 Å². The van der Waals surface area contributed by atoms with Crippen LogP contribution >= 0.6 is 11.3 Å². The van der Waals surface area contributed by atoms with Crippen molar-refractivity contribution in [2.75, 3.05) is 11.4 Å². The summed E-state index contributed by atoms with van der Waals surface area (Å²) in [6.07, 6.45) is 2.65. The predicted octanol–water partition coefficient (Wildman–Crippen LogP) is 2.83. The third-order valence-corrected chi connectivity index (χ3v) is 5.35. The van der Waals surface area contributed by atoms with Gasteiger partial charge in [-0.05, 0) is 35.6 Å². The Morgan fingerprint density at radius 3 is 2.88 bits per heavy atom. The van der Waals surface area contributed by atoms with Crippen molar-refractivity contribution in [3.63, 3.8) is 0 Å². The Kier molecular flexibility index (Phi) is 3.05. The molecule has 5 rings (SSSR count). The van der Waals surface area contributed by atoms with Crippen molar-refractivity contribution in [2.24, 2.45) is 0 Å². The summed E-state index contributed by atoms with van der Waals surface area (Å²) in [6, 6.07) is 12.1.